The van der Waals surface area contributed by atoms with E-state index in [1.165, 1.54) is 0 Å². The second-order valence-corrected chi connectivity index (χ2v) is 3.83. The maximum atomic E-state index is 8.67. The second-order valence-electron chi connectivity index (χ2n) is 2.81. The van der Waals surface area contributed by atoms with Crippen LogP contribution < -0.4 is 0 Å². The monoisotopic (exact) mass is 191 g/mol. The molecule has 0 fully saturated rings. The van der Waals surface area contributed by atoms with Crippen molar-refractivity contribution in [1.82, 2.24) is 0 Å². The van der Waals surface area contributed by atoms with Crippen LogP contribution in [-0.4, -0.2) is 5.75 Å². The van der Waals surface area contributed by atoms with Crippen molar-refractivity contribution in [2.45, 2.75) is 11.8 Å². The van der Waals surface area contributed by atoms with Gasteiger partial charge in [0.25, 0.3) is 0 Å². The highest BCUT2D eigenvalue weighted by molar-refractivity contribution is 7.99. The topological polar surface area (TPSA) is 28.1 Å². The predicted molar refractivity (Wildman–Crippen MR) is 56.7 cm³/mol. The minimum Gasteiger partial charge on any atom is -0.114 e. The van der Waals surface area contributed by atoms with Crippen LogP contribution in [0.15, 0.2) is 41.3 Å². The van der Waals surface area contributed by atoms with E-state index in [0.29, 0.717) is 5.69 Å². The van der Waals surface area contributed by atoms with Gasteiger partial charge >= 0.3 is 5.69 Å². The molecule has 1 aromatic rings. The Labute approximate surface area is 82.3 Å². The molecule has 0 aliphatic rings. The first-order valence-electron chi connectivity index (χ1n) is 3.95. The van der Waals surface area contributed by atoms with Crippen molar-refractivity contribution in [1.29, 1.82) is 5.39 Å². The highest BCUT2D eigenvalue weighted by atomic mass is 32.2. The average Bonchev–Trinajstić information content (AvgIpc) is 2.15. The fraction of sp³-hybridized carbons (Fsp3) is 0.200. The van der Waals surface area contributed by atoms with E-state index in [-0.39, 0.29) is 0 Å². The molecule has 0 spiro atoms. The molecular formula is C10H11N2S+. The number of thioether (sulfide) groups is 1. The Hall–Kier alpha value is -1.27. The molecule has 3 heteroatoms. The van der Waals surface area contributed by atoms with Gasteiger partial charge in [0.05, 0.1) is 0 Å². The number of benzene rings is 1. The van der Waals surface area contributed by atoms with Crippen LogP contribution in [0.4, 0.5) is 5.69 Å². The Bertz CT molecular complexity index is 352. The summed E-state index contributed by atoms with van der Waals surface area (Å²) >= 11 is 1.63. The quantitative estimate of drug-likeness (QED) is 0.412. The third-order valence-corrected chi connectivity index (χ3v) is 2.74. The molecule has 0 aliphatic heterocycles. The first-order valence-corrected chi connectivity index (χ1v) is 4.94. The summed E-state index contributed by atoms with van der Waals surface area (Å²) in [6.45, 7) is 5.79. The number of nitrogens with zero attached hydrogens (tertiary/aromatic N) is 2. The van der Waals surface area contributed by atoms with Crippen LogP contribution in [-0.2, 0) is 0 Å². The van der Waals surface area contributed by atoms with Crippen LogP contribution in [0.5, 0.6) is 0 Å². The maximum Gasteiger partial charge on any atom is 0.398 e. The van der Waals surface area contributed by atoms with E-state index >= 15 is 0 Å². The largest absolute Gasteiger partial charge is 0.398 e. The smallest absolute Gasteiger partial charge is 0.114 e. The lowest BCUT2D eigenvalue weighted by molar-refractivity contribution is 1.38. The van der Waals surface area contributed by atoms with Crippen molar-refractivity contribution in [2.24, 2.45) is 0 Å². The molecule has 0 N–H and O–H groups in total. The van der Waals surface area contributed by atoms with Gasteiger partial charge in [-0.3, -0.25) is 0 Å². The molecule has 0 saturated carbocycles. The average molecular weight is 191 g/mol. The van der Waals surface area contributed by atoms with E-state index in [1.807, 2.05) is 25.1 Å². The van der Waals surface area contributed by atoms with Crippen molar-refractivity contribution in [2.75, 3.05) is 5.75 Å². The Balaban J connectivity index is 2.77. The van der Waals surface area contributed by atoms with Crippen molar-refractivity contribution in [3.05, 3.63) is 41.4 Å². The van der Waals surface area contributed by atoms with Crippen molar-refractivity contribution in [3.63, 3.8) is 0 Å². The van der Waals surface area contributed by atoms with Gasteiger partial charge in [0.1, 0.15) is 4.90 Å². The van der Waals surface area contributed by atoms with Crippen LogP contribution in [0.1, 0.15) is 6.92 Å². The summed E-state index contributed by atoms with van der Waals surface area (Å²) in [5.41, 5.74) is 1.73. The van der Waals surface area contributed by atoms with Crippen molar-refractivity contribution in [3.8, 4) is 0 Å². The molecule has 0 bridgehead atoms. The summed E-state index contributed by atoms with van der Waals surface area (Å²) in [5, 5.41) is 8.67. The normalized spacial score (nSPS) is 9.23. The summed E-state index contributed by atoms with van der Waals surface area (Å²) in [6.07, 6.45) is 0. The van der Waals surface area contributed by atoms with E-state index in [2.05, 4.69) is 11.6 Å². The lowest BCUT2D eigenvalue weighted by Crippen LogP contribution is -1.79. The molecule has 0 unspecified atom stereocenters. The first kappa shape index (κ1) is 9.82. The number of rotatable bonds is 3. The molecule has 1 rings (SSSR count). The van der Waals surface area contributed by atoms with Gasteiger partial charge in [-0.15, -0.1) is 11.8 Å². The molecule has 0 aliphatic carbocycles. The van der Waals surface area contributed by atoms with Gasteiger partial charge in [-0.2, -0.15) is 0 Å². The molecule has 0 heterocycles. The standard InChI is InChI=1S/C10H11N2S/c1-8(2)7-13-10-6-4-3-5-9(10)12-11/h3-6H,1,7H2,2H3/q+1. The highest BCUT2D eigenvalue weighted by Gasteiger charge is 2.11. The number of diazo groups is 1. The third kappa shape index (κ3) is 2.92. The van der Waals surface area contributed by atoms with Crippen molar-refractivity contribution >= 4 is 17.4 Å². The number of hydrogen-bond acceptors (Lipinski definition) is 2. The molecule has 13 heavy (non-hydrogen) atoms. The zero-order valence-electron chi connectivity index (χ0n) is 7.53. The molecule has 0 aromatic heterocycles. The molecule has 1 aromatic carbocycles. The van der Waals surface area contributed by atoms with E-state index in [9.17, 15) is 0 Å². The molecule has 2 nitrogen and oxygen atoms in total. The molecule has 0 radical (unpaired) electrons. The highest BCUT2D eigenvalue weighted by Crippen LogP contribution is 2.29. The minimum absolute atomic E-state index is 0.619. The fourth-order valence-electron chi connectivity index (χ4n) is 0.863. The van der Waals surface area contributed by atoms with E-state index in [4.69, 9.17) is 5.39 Å². The summed E-state index contributed by atoms with van der Waals surface area (Å²) in [7, 11) is 0. The molecule has 0 atom stereocenters. The Kier molecular flexibility index (Phi) is 3.53. The van der Waals surface area contributed by atoms with E-state index in [1.54, 1.807) is 17.8 Å². The first-order chi connectivity index (χ1) is 6.24. The van der Waals surface area contributed by atoms with Gasteiger partial charge in [-0.25, -0.2) is 0 Å². The zero-order chi connectivity index (χ0) is 9.68. The third-order valence-electron chi connectivity index (χ3n) is 1.45. The summed E-state index contributed by atoms with van der Waals surface area (Å²) in [6, 6.07) is 7.48. The maximum absolute atomic E-state index is 8.67. The van der Waals surface area contributed by atoms with Gasteiger partial charge in [-0.05, 0) is 13.0 Å². The Morgan fingerprint density at radius 3 is 2.85 bits per heavy atom. The second kappa shape index (κ2) is 4.68. The Morgan fingerprint density at radius 2 is 2.23 bits per heavy atom. The van der Waals surface area contributed by atoms with Crippen LogP contribution in [0.2, 0.25) is 0 Å². The summed E-state index contributed by atoms with van der Waals surface area (Å²) in [4.78, 5) is 4.18. The van der Waals surface area contributed by atoms with Gasteiger partial charge < -0.3 is 0 Å². The van der Waals surface area contributed by atoms with Crippen LogP contribution >= 0.6 is 11.8 Å². The van der Waals surface area contributed by atoms with Crippen LogP contribution in [0, 0.1) is 5.39 Å². The lowest BCUT2D eigenvalue weighted by Gasteiger charge is -1.96. The van der Waals surface area contributed by atoms with Gasteiger partial charge in [0, 0.05) is 11.8 Å². The lowest BCUT2D eigenvalue weighted by atomic mass is 10.3. The van der Waals surface area contributed by atoms with E-state index < -0.39 is 0 Å². The minimum atomic E-state index is 0.619. The fourth-order valence-corrected chi connectivity index (χ4v) is 1.70. The zero-order valence-corrected chi connectivity index (χ0v) is 8.34. The molecule has 0 amide bonds. The molecular weight excluding hydrogens is 180 g/mol. The Morgan fingerprint density at radius 1 is 1.54 bits per heavy atom. The van der Waals surface area contributed by atoms with Crippen LogP contribution in [0.3, 0.4) is 0 Å². The predicted octanol–water partition coefficient (Wildman–Crippen LogP) is 3.84. The van der Waals surface area contributed by atoms with E-state index in [0.717, 1.165) is 16.2 Å². The number of hydrogen-bond donors (Lipinski definition) is 0. The SMILES string of the molecule is C=C(C)CSc1ccccc1[N+]#N. The van der Waals surface area contributed by atoms with Gasteiger partial charge in [0.2, 0.25) is 5.39 Å². The van der Waals surface area contributed by atoms with Crippen molar-refractivity contribution < 1.29 is 0 Å². The molecule has 66 valence electrons. The van der Waals surface area contributed by atoms with Gasteiger partial charge in [0.15, 0.2) is 4.98 Å². The molecule has 0 saturated heterocycles. The summed E-state index contributed by atoms with van der Waals surface area (Å²) < 4.78 is 0. The summed E-state index contributed by atoms with van der Waals surface area (Å²) in [5.74, 6) is 0.854. The van der Waals surface area contributed by atoms with Gasteiger partial charge in [-0.1, -0.05) is 24.3 Å². The van der Waals surface area contributed by atoms with Crippen LogP contribution in [0.25, 0.3) is 4.98 Å².